The van der Waals surface area contributed by atoms with Crippen LogP contribution in [0.2, 0.25) is 0 Å². The van der Waals surface area contributed by atoms with Crippen LogP contribution in [0.5, 0.6) is 0 Å². The molecule has 1 N–H and O–H groups in total. The zero-order valence-corrected chi connectivity index (χ0v) is 15.5. The Bertz CT molecular complexity index is 1270. The van der Waals surface area contributed by atoms with E-state index >= 15 is 0 Å². The molecule has 0 saturated heterocycles. The van der Waals surface area contributed by atoms with Crippen LogP contribution in [0, 0.1) is 5.41 Å². The Morgan fingerprint density at radius 3 is 1.93 bits per heavy atom. The molecule has 5 aromatic rings. The molecule has 27 heavy (non-hydrogen) atoms. The summed E-state index contributed by atoms with van der Waals surface area (Å²) in [6.45, 7) is 0. The van der Waals surface area contributed by atoms with Crippen molar-refractivity contribution in [2.45, 2.75) is 0 Å². The summed E-state index contributed by atoms with van der Waals surface area (Å²) >= 11 is 1.81. The van der Waals surface area contributed by atoms with Crippen molar-refractivity contribution in [3.8, 4) is 11.1 Å². The largest absolute Gasteiger partial charge is 0.300 e. The summed E-state index contributed by atoms with van der Waals surface area (Å²) in [5.41, 5.74) is 4.93. The van der Waals surface area contributed by atoms with E-state index in [1.165, 1.54) is 31.3 Å². The highest BCUT2D eigenvalue weighted by molar-refractivity contribution is 7.25. The van der Waals surface area contributed by atoms with Crippen LogP contribution in [0.1, 0.15) is 11.1 Å². The molecule has 0 bridgehead atoms. The van der Waals surface area contributed by atoms with E-state index in [1.807, 2.05) is 47.7 Å². The minimum atomic E-state index is 0.566. The lowest BCUT2D eigenvalue weighted by Crippen LogP contribution is -2.00. The predicted molar refractivity (Wildman–Crippen MR) is 117 cm³/mol. The molecule has 0 aliphatic carbocycles. The van der Waals surface area contributed by atoms with Gasteiger partial charge in [0.1, 0.15) is 0 Å². The van der Waals surface area contributed by atoms with Crippen LogP contribution >= 0.6 is 11.3 Å². The molecule has 5 rings (SSSR count). The van der Waals surface area contributed by atoms with Gasteiger partial charge in [0, 0.05) is 25.7 Å². The average Bonchev–Trinajstić information content (AvgIpc) is 3.11. The van der Waals surface area contributed by atoms with Crippen molar-refractivity contribution >= 4 is 37.2 Å². The van der Waals surface area contributed by atoms with Crippen molar-refractivity contribution < 1.29 is 0 Å². The van der Waals surface area contributed by atoms with E-state index in [1.54, 1.807) is 0 Å². The van der Waals surface area contributed by atoms with E-state index in [9.17, 15) is 0 Å². The molecule has 0 spiro atoms. The molecule has 0 amide bonds. The average molecular weight is 363 g/mol. The number of hydrogen-bond donors (Lipinski definition) is 1. The number of hydrogen-bond acceptors (Lipinski definition) is 2. The van der Waals surface area contributed by atoms with Gasteiger partial charge in [0.15, 0.2) is 0 Å². The van der Waals surface area contributed by atoms with Gasteiger partial charge in [-0.05, 0) is 41.0 Å². The zero-order chi connectivity index (χ0) is 18.2. The molecule has 1 nitrogen and oxygen atoms in total. The van der Waals surface area contributed by atoms with Crippen molar-refractivity contribution in [2.24, 2.45) is 0 Å². The molecular formula is C25H17NS. The maximum Gasteiger partial charge on any atom is 0.0684 e. The van der Waals surface area contributed by atoms with E-state index in [2.05, 4.69) is 60.7 Å². The first-order valence-electron chi connectivity index (χ1n) is 8.96. The highest BCUT2D eigenvalue weighted by Gasteiger charge is 2.10. The van der Waals surface area contributed by atoms with Gasteiger partial charge in [0.25, 0.3) is 0 Å². The first-order chi connectivity index (χ1) is 13.3. The topological polar surface area (TPSA) is 23.9 Å². The third kappa shape index (κ3) is 2.84. The Labute approximate surface area is 162 Å². The van der Waals surface area contributed by atoms with Gasteiger partial charge < -0.3 is 0 Å². The summed E-state index contributed by atoms with van der Waals surface area (Å²) in [7, 11) is 0. The minimum Gasteiger partial charge on any atom is -0.300 e. The molecule has 0 fully saturated rings. The van der Waals surface area contributed by atoms with Crippen molar-refractivity contribution in [3.63, 3.8) is 0 Å². The lowest BCUT2D eigenvalue weighted by Gasteiger charge is -2.05. The second-order valence-electron chi connectivity index (χ2n) is 6.63. The Hall–Kier alpha value is -3.23. The van der Waals surface area contributed by atoms with Crippen LogP contribution in [-0.2, 0) is 0 Å². The van der Waals surface area contributed by atoms with E-state index in [0.717, 1.165) is 11.1 Å². The highest BCUT2D eigenvalue weighted by atomic mass is 32.1. The van der Waals surface area contributed by atoms with Crippen molar-refractivity contribution in [3.05, 3.63) is 108 Å². The van der Waals surface area contributed by atoms with Crippen LogP contribution < -0.4 is 0 Å². The molecule has 1 heterocycles. The lowest BCUT2D eigenvalue weighted by atomic mass is 9.99. The van der Waals surface area contributed by atoms with E-state index in [0.29, 0.717) is 5.71 Å². The Kier molecular flexibility index (Phi) is 3.84. The van der Waals surface area contributed by atoms with Gasteiger partial charge >= 0.3 is 0 Å². The number of thiophene rings is 1. The molecule has 0 unspecified atom stereocenters. The van der Waals surface area contributed by atoms with Gasteiger partial charge in [-0.25, -0.2) is 0 Å². The van der Waals surface area contributed by atoms with Gasteiger partial charge in [0.2, 0.25) is 0 Å². The normalized spacial score (nSPS) is 11.1. The lowest BCUT2D eigenvalue weighted by molar-refractivity contribution is 1.46. The Balaban J connectivity index is 1.67. The van der Waals surface area contributed by atoms with Crippen LogP contribution in [0.4, 0.5) is 0 Å². The molecule has 128 valence electrons. The molecule has 1 aromatic heterocycles. The molecule has 4 aromatic carbocycles. The van der Waals surface area contributed by atoms with Crippen LogP contribution in [0.3, 0.4) is 0 Å². The number of benzene rings is 4. The Morgan fingerprint density at radius 2 is 1.19 bits per heavy atom. The highest BCUT2D eigenvalue weighted by Crippen LogP contribution is 2.37. The Morgan fingerprint density at radius 1 is 0.556 bits per heavy atom. The summed E-state index contributed by atoms with van der Waals surface area (Å²) in [6.07, 6.45) is 0. The maximum absolute atomic E-state index is 8.59. The molecule has 0 saturated carbocycles. The number of nitrogens with one attached hydrogen (secondary N) is 1. The van der Waals surface area contributed by atoms with Gasteiger partial charge in [-0.1, -0.05) is 72.8 Å². The maximum atomic E-state index is 8.59. The first-order valence-corrected chi connectivity index (χ1v) is 9.77. The summed E-state index contributed by atoms with van der Waals surface area (Å²) < 4.78 is 2.55. The SMILES string of the molecule is N=C(c1ccccc1)c1ccc2sc3ccc(-c4ccccc4)cc3c2c1. The fourth-order valence-electron chi connectivity index (χ4n) is 3.51. The van der Waals surface area contributed by atoms with E-state index < -0.39 is 0 Å². The summed E-state index contributed by atoms with van der Waals surface area (Å²) in [4.78, 5) is 0. The molecular weight excluding hydrogens is 346 g/mol. The van der Waals surface area contributed by atoms with Crippen LogP contribution in [-0.4, -0.2) is 5.71 Å². The second kappa shape index (κ2) is 6.49. The fraction of sp³-hybridized carbons (Fsp3) is 0. The van der Waals surface area contributed by atoms with E-state index in [-0.39, 0.29) is 0 Å². The van der Waals surface area contributed by atoms with Crippen LogP contribution in [0.25, 0.3) is 31.3 Å². The smallest absolute Gasteiger partial charge is 0.0684 e. The van der Waals surface area contributed by atoms with E-state index in [4.69, 9.17) is 5.41 Å². The monoisotopic (exact) mass is 363 g/mol. The third-order valence-electron chi connectivity index (χ3n) is 4.93. The first kappa shape index (κ1) is 16.0. The third-order valence-corrected chi connectivity index (χ3v) is 6.08. The van der Waals surface area contributed by atoms with Gasteiger partial charge in [0.05, 0.1) is 5.71 Å². The molecule has 0 aliphatic rings. The molecule has 0 radical (unpaired) electrons. The van der Waals surface area contributed by atoms with Crippen molar-refractivity contribution in [1.29, 1.82) is 5.41 Å². The standard InChI is InChI=1S/C25H17NS/c26-25(18-9-5-2-6-10-18)20-12-14-24-22(16-20)21-15-19(11-13-23(21)27-24)17-7-3-1-4-8-17/h1-16,26H. The van der Waals surface area contributed by atoms with Gasteiger partial charge in [-0.2, -0.15) is 0 Å². The van der Waals surface area contributed by atoms with Crippen molar-refractivity contribution in [2.75, 3.05) is 0 Å². The second-order valence-corrected chi connectivity index (χ2v) is 7.71. The molecule has 0 aliphatic heterocycles. The summed E-state index contributed by atoms with van der Waals surface area (Å²) in [5, 5.41) is 11.1. The number of fused-ring (bicyclic) bond motifs is 3. The van der Waals surface area contributed by atoms with Crippen molar-refractivity contribution in [1.82, 2.24) is 0 Å². The molecule has 2 heteroatoms. The summed E-state index contributed by atoms with van der Waals surface area (Å²) in [5.74, 6) is 0. The van der Waals surface area contributed by atoms with Gasteiger partial charge in [-0.3, -0.25) is 5.41 Å². The predicted octanol–water partition coefficient (Wildman–Crippen LogP) is 7.14. The van der Waals surface area contributed by atoms with Gasteiger partial charge in [-0.15, -0.1) is 11.3 Å². The zero-order valence-electron chi connectivity index (χ0n) is 14.6. The quantitative estimate of drug-likeness (QED) is 0.329. The minimum absolute atomic E-state index is 0.566. The number of rotatable bonds is 3. The van der Waals surface area contributed by atoms with Crippen LogP contribution in [0.15, 0.2) is 97.1 Å². The summed E-state index contributed by atoms with van der Waals surface area (Å²) in [6, 6.07) is 33.5. The molecule has 0 atom stereocenters. The fourth-order valence-corrected chi connectivity index (χ4v) is 4.58.